The van der Waals surface area contributed by atoms with Gasteiger partial charge in [0, 0.05) is 17.6 Å². The van der Waals surface area contributed by atoms with Crippen LogP contribution in [0.15, 0.2) is 23.0 Å². The molecule has 1 fully saturated rings. The summed E-state index contributed by atoms with van der Waals surface area (Å²) in [6.07, 6.45) is 9.00. The van der Waals surface area contributed by atoms with E-state index in [2.05, 4.69) is 19.2 Å². The molecular weight excluding hydrogens is 186 g/mol. The van der Waals surface area contributed by atoms with Gasteiger partial charge in [0.05, 0.1) is 12.5 Å². The van der Waals surface area contributed by atoms with Crippen LogP contribution in [0.3, 0.4) is 0 Å². The lowest BCUT2D eigenvalue weighted by Crippen LogP contribution is -2.34. The van der Waals surface area contributed by atoms with Crippen LogP contribution in [0.2, 0.25) is 0 Å². The Morgan fingerprint density at radius 1 is 1.53 bits per heavy atom. The standard InChI is InChI=1S/C13H21NO/c1-3-11-5-4-6-13(11)14-10(2)12-7-8-15-9-12/h7-11,13-14H,3-6H2,1-2H3. The second kappa shape index (κ2) is 4.84. The van der Waals surface area contributed by atoms with Gasteiger partial charge >= 0.3 is 0 Å². The Kier molecular flexibility index (Phi) is 3.47. The lowest BCUT2D eigenvalue weighted by molar-refractivity contribution is 0.359. The fourth-order valence-electron chi connectivity index (χ4n) is 2.68. The average molecular weight is 207 g/mol. The van der Waals surface area contributed by atoms with E-state index < -0.39 is 0 Å². The maximum Gasteiger partial charge on any atom is 0.0950 e. The largest absolute Gasteiger partial charge is 0.472 e. The molecule has 84 valence electrons. The third-order valence-electron chi connectivity index (χ3n) is 3.69. The summed E-state index contributed by atoms with van der Waals surface area (Å²) in [5, 5.41) is 3.72. The first-order valence-electron chi connectivity index (χ1n) is 6.09. The molecule has 1 N–H and O–H groups in total. The van der Waals surface area contributed by atoms with Crippen molar-refractivity contribution < 1.29 is 4.42 Å². The quantitative estimate of drug-likeness (QED) is 0.817. The van der Waals surface area contributed by atoms with Crippen LogP contribution >= 0.6 is 0 Å². The highest BCUT2D eigenvalue weighted by Gasteiger charge is 2.26. The van der Waals surface area contributed by atoms with Gasteiger partial charge in [-0.3, -0.25) is 0 Å². The summed E-state index contributed by atoms with van der Waals surface area (Å²) >= 11 is 0. The minimum atomic E-state index is 0.417. The van der Waals surface area contributed by atoms with Crippen LogP contribution in [0.1, 0.15) is 51.1 Å². The van der Waals surface area contributed by atoms with Crippen molar-refractivity contribution in [2.24, 2.45) is 5.92 Å². The predicted octanol–water partition coefficient (Wildman–Crippen LogP) is 3.51. The molecule has 1 aromatic rings. The summed E-state index contributed by atoms with van der Waals surface area (Å²) in [7, 11) is 0. The second-order valence-corrected chi connectivity index (χ2v) is 4.65. The normalized spacial score (nSPS) is 28.1. The zero-order valence-electron chi connectivity index (χ0n) is 9.70. The van der Waals surface area contributed by atoms with E-state index in [1.165, 1.54) is 31.2 Å². The zero-order valence-corrected chi connectivity index (χ0v) is 9.70. The van der Waals surface area contributed by atoms with Crippen LogP contribution in [-0.2, 0) is 0 Å². The van der Waals surface area contributed by atoms with Gasteiger partial charge in [-0.05, 0) is 31.7 Å². The smallest absolute Gasteiger partial charge is 0.0950 e. The first-order valence-corrected chi connectivity index (χ1v) is 6.09. The monoisotopic (exact) mass is 207 g/mol. The van der Waals surface area contributed by atoms with Crippen molar-refractivity contribution in [1.82, 2.24) is 5.32 Å². The summed E-state index contributed by atoms with van der Waals surface area (Å²) in [5.41, 5.74) is 1.26. The molecule has 0 aliphatic heterocycles. The van der Waals surface area contributed by atoms with Gasteiger partial charge in [-0.2, -0.15) is 0 Å². The van der Waals surface area contributed by atoms with Gasteiger partial charge in [0.2, 0.25) is 0 Å². The Labute approximate surface area is 92.1 Å². The maximum atomic E-state index is 5.11. The van der Waals surface area contributed by atoms with E-state index in [0.29, 0.717) is 12.1 Å². The maximum absolute atomic E-state index is 5.11. The molecule has 2 rings (SSSR count). The fourth-order valence-corrected chi connectivity index (χ4v) is 2.68. The molecule has 1 aliphatic carbocycles. The highest BCUT2D eigenvalue weighted by Crippen LogP contribution is 2.30. The van der Waals surface area contributed by atoms with Gasteiger partial charge in [-0.25, -0.2) is 0 Å². The van der Waals surface area contributed by atoms with Crippen LogP contribution in [0, 0.1) is 5.92 Å². The lowest BCUT2D eigenvalue weighted by Gasteiger charge is -2.23. The summed E-state index contributed by atoms with van der Waals surface area (Å²) < 4.78 is 5.11. The molecule has 3 unspecified atom stereocenters. The van der Waals surface area contributed by atoms with Crippen LogP contribution in [0.25, 0.3) is 0 Å². The molecule has 1 heterocycles. The third-order valence-corrected chi connectivity index (χ3v) is 3.69. The molecule has 1 saturated carbocycles. The number of nitrogens with one attached hydrogen (secondary N) is 1. The van der Waals surface area contributed by atoms with Crippen molar-refractivity contribution >= 4 is 0 Å². The molecular formula is C13H21NO. The number of hydrogen-bond acceptors (Lipinski definition) is 2. The van der Waals surface area contributed by atoms with Gasteiger partial charge in [-0.1, -0.05) is 19.8 Å². The Balaban J connectivity index is 1.91. The summed E-state index contributed by atoms with van der Waals surface area (Å²) in [6.45, 7) is 4.52. The second-order valence-electron chi connectivity index (χ2n) is 4.65. The molecule has 3 atom stereocenters. The minimum absolute atomic E-state index is 0.417. The Morgan fingerprint density at radius 3 is 3.07 bits per heavy atom. The minimum Gasteiger partial charge on any atom is -0.472 e. The summed E-state index contributed by atoms with van der Waals surface area (Å²) in [5.74, 6) is 0.874. The van der Waals surface area contributed by atoms with Crippen LogP contribution < -0.4 is 5.32 Å². The molecule has 1 aliphatic rings. The zero-order chi connectivity index (χ0) is 10.7. The van der Waals surface area contributed by atoms with Crippen molar-refractivity contribution in [2.75, 3.05) is 0 Å². The molecule has 2 heteroatoms. The van der Waals surface area contributed by atoms with Crippen molar-refractivity contribution in [3.05, 3.63) is 24.2 Å². The molecule has 0 spiro atoms. The number of rotatable bonds is 4. The highest BCUT2D eigenvalue weighted by molar-refractivity contribution is 5.10. The van der Waals surface area contributed by atoms with Gasteiger partial charge in [0.15, 0.2) is 0 Å². The van der Waals surface area contributed by atoms with Gasteiger partial charge in [0.1, 0.15) is 0 Å². The van der Waals surface area contributed by atoms with Crippen LogP contribution in [0.4, 0.5) is 0 Å². The van der Waals surface area contributed by atoms with E-state index in [4.69, 9.17) is 4.42 Å². The van der Waals surface area contributed by atoms with Gasteiger partial charge < -0.3 is 9.73 Å². The highest BCUT2D eigenvalue weighted by atomic mass is 16.3. The molecule has 0 radical (unpaired) electrons. The first-order chi connectivity index (χ1) is 7.31. The average Bonchev–Trinajstić information content (AvgIpc) is 2.87. The SMILES string of the molecule is CCC1CCCC1NC(C)c1ccoc1. The number of hydrogen-bond donors (Lipinski definition) is 1. The van der Waals surface area contributed by atoms with Crippen molar-refractivity contribution in [3.8, 4) is 0 Å². The van der Waals surface area contributed by atoms with Crippen molar-refractivity contribution in [1.29, 1.82) is 0 Å². The summed E-state index contributed by atoms with van der Waals surface area (Å²) in [6, 6.07) is 3.17. The molecule has 0 amide bonds. The van der Waals surface area contributed by atoms with E-state index >= 15 is 0 Å². The molecule has 2 nitrogen and oxygen atoms in total. The topological polar surface area (TPSA) is 25.2 Å². The molecule has 0 aromatic carbocycles. The predicted molar refractivity (Wildman–Crippen MR) is 61.7 cm³/mol. The summed E-state index contributed by atoms with van der Waals surface area (Å²) in [4.78, 5) is 0. The Hall–Kier alpha value is -0.760. The van der Waals surface area contributed by atoms with Gasteiger partial charge in [0.25, 0.3) is 0 Å². The number of furan rings is 1. The third kappa shape index (κ3) is 2.43. The fraction of sp³-hybridized carbons (Fsp3) is 0.692. The van der Waals surface area contributed by atoms with Crippen molar-refractivity contribution in [3.63, 3.8) is 0 Å². The van der Waals surface area contributed by atoms with Crippen LogP contribution in [-0.4, -0.2) is 6.04 Å². The molecule has 0 bridgehead atoms. The van der Waals surface area contributed by atoms with E-state index in [9.17, 15) is 0 Å². The van der Waals surface area contributed by atoms with E-state index in [1.807, 2.05) is 12.3 Å². The first kappa shape index (κ1) is 10.7. The van der Waals surface area contributed by atoms with E-state index in [-0.39, 0.29) is 0 Å². The van der Waals surface area contributed by atoms with Crippen molar-refractivity contribution in [2.45, 2.75) is 51.6 Å². The molecule has 0 saturated heterocycles. The Morgan fingerprint density at radius 2 is 2.40 bits per heavy atom. The van der Waals surface area contributed by atoms with E-state index in [0.717, 1.165) is 5.92 Å². The Bertz CT molecular complexity index is 281. The molecule has 15 heavy (non-hydrogen) atoms. The van der Waals surface area contributed by atoms with Gasteiger partial charge in [-0.15, -0.1) is 0 Å². The molecule has 1 aromatic heterocycles. The lowest BCUT2D eigenvalue weighted by atomic mass is 9.99. The van der Waals surface area contributed by atoms with Crippen LogP contribution in [0.5, 0.6) is 0 Å². The van der Waals surface area contributed by atoms with E-state index in [1.54, 1.807) is 6.26 Å².